The minimum atomic E-state index is 0.612. The monoisotopic (exact) mass is 295 g/mol. The molecular formula is C16H29N3S. The standard InChI is InChI=1S/C16H29N3S/c1-13(2)5-7-18-15-10-14(16-4-3-9-20-16)11-19(12-15)8-6-17/h3-4,9,13-15,18H,5-8,10-12,17H2,1-2H3. The van der Waals surface area contributed by atoms with Crippen LogP contribution in [0.3, 0.4) is 0 Å². The lowest BCUT2D eigenvalue weighted by atomic mass is 9.92. The maximum atomic E-state index is 5.75. The summed E-state index contributed by atoms with van der Waals surface area (Å²) in [6, 6.07) is 5.07. The lowest BCUT2D eigenvalue weighted by Gasteiger charge is -2.38. The van der Waals surface area contributed by atoms with Gasteiger partial charge in [-0.3, -0.25) is 4.90 Å². The van der Waals surface area contributed by atoms with Crippen LogP contribution in [0, 0.1) is 5.92 Å². The summed E-state index contributed by atoms with van der Waals surface area (Å²) in [6.07, 6.45) is 2.52. The van der Waals surface area contributed by atoms with Crippen molar-refractivity contribution in [3.05, 3.63) is 22.4 Å². The van der Waals surface area contributed by atoms with E-state index in [1.807, 2.05) is 11.3 Å². The summed E-state index contributed by atoms with van der Waals surface area (Å²) in [6.45, 7) is 9.81. The van der Waals surface area contributed by atoms with Crippen LogP contribution in [-0.4, -0.2) is 43.7 Å². The fourth-order valence-electron chi connectivity index (χ4n) is 3.01. The zero-order valence-electron chi connectivity index (χ0n) is 12.8. The number of likely N-dealkylation sites (tertiary alicyclic amines) is 1. The molecule has 3 N–H and O–H groups in total. The van der Waals surface area contributed by atoms with Crippen molar-refractivity contribution in [3.63, 3.8) is 0 Å². The number of nitrogens with zero attached hydrogens (tertiary/aromatic N) is 1. The number of piperidine rings is 1. The SMILES string of the molecule is CC(C)CCNC1CC(c2cccs2)CN(CCN)C1. The minimum absolute atomic E-state index is 0.612. The Morgan fingerprint density at radius 2 is 2.30 bits per heavy atom. The Labute approximate surface area is 127 Å². The van der Waals surface area contributed by atoms with Crippen LogP contribution in [0.15, 0.2) is 17.5 Å². The summed E-state index contributed by atoms with van der Waals surface area (Å²) in [7, 11) is 0. The zero-order valence-corrected chi connectivity index (χ0v) is 13.7. The fourth-order valence-corrected chi connectivity index (χ4v) is 3.84. The van der Waals surface area contributed by atoms with Crippen molar-refractivity contribution in [3.8, 4) is 0 Å². The number of hydrogen-bond donors (Lipinski definition) is 2. The van der Waals surface area contributed by atoms with Crippen molar-refractivity contribution in [2.45, 2.75) is 38.6 Å². The van der Waals surface area contributed by atoms with Gasteiger partial charge >= 0.3 is 0 Å². The lowest BCUT2D eigenvalue weighted by molar-refractivity contribution is 0.176. The Hall–Kier alpha value is -0.420. The summed E-state index contributed by atoms with van der Waals surface area (Å²) in [5.41, 5.74) is 5.75. The number of rotatable bonds is 7. The lowest BCUT2D eigenvalue weighted by Crippen LogP contribution is -2.49. The second-order valence-electron chi connectivity index (χ2n) is 6.33. The van der Waals surface area contributed by atoms with E-state index in [2.05, 4.69) is 41.6 Å². The largest absolute Gasteiger partial charge is 0.329 e. The van der Waals surface area contributed by atoms with Gasteiger partial charge in [0.15, 0.2) is 0 Å². The second kappa shape index (κ2) is 8.13. The van der Waals surface area contributed by atoms with Crippen LogP contribution in [0.4, 0.5) is 0 Å². The Morgan fingerprint density at radius 1 is 1.45 bits per heavy atom. The zero-order chi connectivity index (χ0) is 14.4. The molecule has 0 aromatic carbocycles. The highest BCUT2D eigenvalue weighted by atomic mass is 32.1. The number of thiophene rings is 1. The molecule has 2 unspecified atom stereocenters. The Morgan fingerprint density at radius 3 is 2.95 bits per heavy atom. The summed E-state index contributed by atoms with van der Waals surface area (Å²) in [5.74, 6) is 1.45. The Balaban J connectivity index is 1.90. The van der Waals surface area contributed by atoms with Crippen molar-refractivity contribution >= 4 is 11.3 Å². The van der Waals surface area contributed by atoms with E-state index < -0.39 is 0 Å². The van der Waals surface area contributed by atoms with Crippen LogP contribution in [0.25, 0.3) is 0 Å². The van der Waals surface area contributed by atoms with Gasteiger partial charge in [-0.2, -0.15) is 0 Å². The molecule has 1 aromatic rings. The van der Waals surface area contributed by atoms with Gasteiger partial charge in [-0.25, -0.2) is 0 Å². The molecule has 20 heavy (non-hydrogen) atoms. The molecule has 1 aliphatic rings. The molecule has 114 valence electrons. The van der Waals surface area contributed by atoms with Gasteiger partial charge in [0.1, 0.15) is 0 Å². The molecule has 0 aliphatic carbocycles. The third kappa shape index (κ3) is 4.85. The topological polar surface area (TPSA) is 41.3 Å². The smallest absolute Gasteiger partial charge is 0.0201 e. The molecule has 1 saturated heterocycles. The first-order chi connectivity index (χ1) is 9.69. The molecule has 1 aliphatic heterocycles. The highest BCUT2D eigenvalue weighted by Crippen LogP contribution is 2.30. The van der Waals surface area contributed by atoms with Crippen molar-refractivity contribution in [2.24, 2.45) is 11.7 Å². The van der Waals surface area contributed by atoms with Crippen LogP contribution in [0.5, 0.6) is 0 Å². The van der Waals surface area contributed by atoms with E-state index in [4.69, 9.17) is 5.73 Å². The van der Waals surface area contributed by atoms with Crippen LogP contribution < -0.4 is 11.1 Å². The predicted molar refractivity (Wildman–Crippen MR) is 88.4 cm³/mol. The van der Waals surface area contributed by atoms with Gasteiger partial charge in [0.25, 0.3) is 0 Å². The highest BCUT2D eigenvalue weighted by Gasteiger charge is 2.27. The van der Waals surface area contributed by atoms with Crippen molar-refractivity contribution in [2.75, 3.05) is 32.7 Å². The fraction of sp³-hybridized carbons (Fsp3) is 0.750. The summed E-state index contributed by atoms with van der Waals surface area (Å²) >= 11 is 1.89. The van der Waals surface area contributed by atoms with E-state index in [0.717, 1.165) is 32.1 Å². The van der Waals surface area contributed by atoms with E-state index in [9.17, 15) is 0 Å². The first-order valence-electron chi connectivity index (χ1n) is 7.88. The average Bonchev–Trinajstić information content (AvgIpc) is 2.92. The van der Waals surface area contributed by atoms with E-state index >= 15 is 0 Å². The third-order valence-electron chi connectivity index (χ3n) is 4.07. The highest BCUT2D eigenvalue weighted by molar-refractivity contribution is 7.10. The molecule has 0 radical (unpaired) electrons. The normalized spacial score (nSPS) is 24.4. The molecule has 0 amide bonds. The van der Waals surface area contributed by atoms with Gasteiger partial charge in [-0.15, -0.1) is 11.3 Å². The average molecular weight is 295 g/mol. The van der Waals surface area contributed by atoms with Crippen LogP contribution in [-0.2, 0) is 0 Å². The van der Waals surface area contributed by atoms with Crippen molar-refractivity contribution in [1.82, 2.24) is 10.2 Å². The molecule has 2 rings (SSSR count). The van der Waals surface area contributed by atoms with Gasteiger partial charge in [-0.05, 0) is 36.8 Å². The maximum absolute atomic E-state index is 5.75. The Kier molecular flexibility index (Phi) is 6.49. The molecule has 0 saturated carbocycles. The molecule has 4 heteroatoms. The number of nitrogens with one attached hydrogen (secondary N) is 1. The molecule has 2 atom stereocenters. The molecule has 1 aromatic heterocycles. The van der Waals surface area contributed by atoms with Crippen molar-refractivity contribution < 1.29 is 0 Å². The predicted octanol–water partition coefficient (Wildman–Crippen LogP) is 2.50. The molecule has 2 heterocycles. The van der Waals surface area contributed by atoms with Gasteiger partial charge in [0, 0.05) is 43.0 Å². The molecule has 3 nitrogen and oxygen atoms in total. The number of hydrogen-bond acceptors (Lipinski definition) is 4. The first kappa shape index (κ1) is 16.0. The first-order valence-corrected chi connectivity index (χ1v) is 8.76. The van der Waals surface area contributed by atoms with E-state index in [0.29, 0.717) is 12.0 Å². The van der Waals surface area contributed by atoms with Crippen LogP contribution in [0.2, 0.25) is 0 Å². The van der Waals surface area contributed by atoms with E-state index in [1.54, 1.807) is 0 Å². The van der Waals surface area contributed by atoms with Gasteiger partial charge in [0.2, 0.25) is 0 Å². The van der Waals surface area contributed by atoms with E-state index in [-0.39, 0.29) is 0 Å². The van der Waals surface area contributed by atoms with Crippen molar-refractivity contribution in [1.29, 1.82) is 0 Å². The summed E-state index contributed by atoms with van der Waals surface area (Å²) < 4.78 is 0. The molecule has 0 bridgehead atoms. The Bertz CT molecular complexity index is 364. The number of nitrogens with two attached hydrogens (primary N) is 1. The quantitative estimate of drug-likeness (QED) is 0.812. The summed E-state index contributed by atoms with van der Waals surface area (Å²) in [4.78, 5) is 4.06. The second-order valence-corrected chi connectivity index (χ2v) is 7.31. The van der Waals surface area contributed by atoms with Gasteiger partial charge in [-0.1, -0.05) is 19.9 Å². The molecular weight excluding hydrogens is 266 g/mol. The minimum Gasteiger partial charge on any atom is -0.329 e. The summed E-state index contributed by atoms with van der Waals surface area (Å²) in [5, 5.41) is 5.95. The van der Waals surface area contributed by atoms with E-state index in [1.165, 1.54) is 24.3 Å². The van der Waals surface area contributed by atoms with Crippen LogP contribution >= 0.6 is 11.3 Å². The third-order valence-corrected chi connectivity index (χ3v) is 5.11. The van der Waals surface area contributed by atoms with Gasteiger partial charge < -0.3 is 11.1 Å². The molecule has 1 fully saturated rings. The van der Waals surface area contributed by atoms with Gasteiger partial charge in [0.05, 0.1) is 0 Å². The molecule has 0 spiro atoms. The van der Waals surface area contributed by atoms with Crippen LogP contribution in [0.1, 0.15) is 37.5 Å². The maximum Gasteiger partial charge on any atom is 0.0201 e.